The van der Waals surface area contributed by atoms with Crippen LogP contribution in [-0.4, -0.2) is 36.9 Å². The number of aromatic nitrogens is 1. The third kappa shape index (κ3) is 5.44. The van der Waals surface area contributed by atoms with Crippen LogP contribution in [-0.2, 0) is 14.8 Å². The van der Waals surface area contributed by atoms with Crippen molar-refractivity contribution in [3.63, 3.8) is 0 Å². The molecule has 7 nitrogen and oxygen atoms in total. The van der Waals surface area contributed by atoms with Crippen molar-refractivity contribution in [2.24, 2.45) is 5.92 Å². The van der Waals surface area contributed by atoms with Crippen molar-refractivity contribution in [2.75, 3.05) is 18.4 Å². The van der Waals surface area contributed by atoms with Crippen molar-refractivity contribution in [3.05, 3.63) is 76.1 Å². The first kappa shape index (κ1) is 25.0. The molecule has 2 aromatic carbocycles. The summed E-state index contributed by atoms with van der Waals surface area (Å²) in [5.74, 6) is -2.09. The van der Waals surface area contributed by atoms with E-state index in [0.29, 0.717) is 12.8 Å². The van der Waals surface area contributed by atoms with Gasteiger partial charge in [0.25, 0.3) is 0 Å². The first-order valence-electron chi connectivity index (χ1n) is 10.8. The zero-order chi connectivity index (χ0) is 25.2. The summed E-state index contributed by atoms with van der Waals surface area (Å²) in [7, 11) is -4.07. The molecular weight excluding hydrogens is 500 g/mol. The smallest absolute Gasteiger partial charge is 0.248 e. The van der Waals surface area contributed by atoms with Gasteiger partial charge in [0, 0.05) is 18.7 Å². The summed E-state index contributed by atoms with van der Waals surface area (Å²) < 4.78 is 60.7. The molecule has 2 heterocycles. The standard InChI is InChI=1S/C24H22ClF2N3O4S/c1-15-23(22(34-29-15)11-8-16-5-2-3-7-20(16)27)35(32,33)30-12-4-6-17(14-30)24(31)28-21-10-9-18(26)13-19(21)25/h2-3,5,7-11,13,17H,4,6,12,14H2,1H3,(H,28,31)/b11-8+. The van der Waals surface area contributed by atoms with Gasteiger partial charge < -0.3 is 9.84 Å². The Kier molecular flexibility index (Phi) is 7.34. The number of hydrogen-bond acceptors (Lipinski definition) is 5. The van der Waals surface area contributed by atoms with Crippen LogP contribution in [0, 0.1) is 24.5 Å². The highest BCUT2D eigenvalue weighted by atomic mass is 35.5. The average molecular weight is 522 g/mol. The molecule has 0 aliphatic carbocycles. The molecule has 1 saturated heterocycles. The van der Waals surface area contributed by atoms with E-state index in [1.807, 2.05) is 0 Å². The zero-order valence-corrected chi connectivity index (χ0v) is 20.2. The number of halogens is 3. The predicted octanol–water partition coefficient (Wildman–Crippen LogP) is 5.12. The number of nitrogens with zero attached hydrogens (tertiary/aromatic N) is 2. The molecule has 0 bridgehead atoms. The number of sulfonamides is 1. The lowest BCUT2D eigenvalue weighted by Gasteiger charge is -2.31. The van der Waals surface area contributed by atoms with Crippen LogP contribution in [0.2, 0.25) is 5.02 Å². The molecule has 0 spiro atoms. The summed E-state index contributed by atoms with van der Waals surface area (Å²) in [6.45, 7) is 1.65. The van der Waals surface area contributed by atoms with Crippen LogP contribution in [0.25, 0.3) is 12.2 Å². The fourth-order valence-corrected chi connectivity index (χ4v) is 5.89. The maximum Gasteiger partial charge on any atom is 0.248 e. The Morgan fingerprint density at radius 3 is 2.74 bits per heavy atom. The number of nitrogens with one attached hydrogen (secondary N) is 1. The predicted molar refractivity (Wildman–Crippen MR) is 128 cm³/mol. The summed E-state index contributed by atoms with van der Waals surface area (Å²) in [5, 5.41) is 6.48. The second-order valence-corrected chi connectivity index (χ2v) is 10.4. The largest absolute Gasteiger partial charge is 0.355 e. The SMILES string of the molecule is Cc1noc(/C=C/c2ccccc2F)c1S(=O)(=O)N1CCCC(C(=O)Nc2ccc(F)cc2Cl)C1. The van der Waals surface area contributed by atoms with Gasteiger partial charge in [-0.15, -0.1) is 0 Å². The molecule has 1 aliphatic rings. The van der Waals surface area contributed by atoms with Crippen molar-refractivity contribution >= 4 is 45.4 Å². The number of aryl methyl sites for hydroxylation is 1. The summed E-state index contributed by atoms with van der Waals surface area (Å²) in [5.41, 5.74) is 0.662. The Morgan fingerprint density at radius 2 is 2.00 bits per heavy atom. The minimum absolute atomic E-state index is 0.0320. The van der Waals surface area contributed by atoms with Crippen LogP contribution in [0.15, 0.2) is 51.9 Å². The lowest BCUT2D eigenvalue weighted by Crippen LogP contribution is -2.43. The lowest BCUT2D eigenvalue weighted by molar-refractivity contribution is -0.120. The van der Waals surface area contributed by atoms with E-state index in [1.54, 1.807) is 18.2 Å². The van der Waals surface area contributed by atoms with Crippen molar-refractivity contribution in [2.45, 2.75) is 24.7 Å². The Balaban J connectivity index is 1.54. The van der Waals surface area contributed by atoms with Gasteiger partial charge in [-0.25, -0.2) is 17.2 Å². The third-order valence-corrected chi connectivity index (χ3v) is 8.03. The summed E-state index contributed by atoms with van der Waals surface area (Å²) in [6, 6.07) is 9.65. The van der Waals surface area contributed by atoms with Crippen LogP contribution >= 0.6 is 11.6 Å². The Morgan fingerprint density at radius 1 is 1.23 bits per heavy atom. The van der Waals surface area contributed by atoms with Gasteiger partial charge in [-0.05, 0) is 56.2 Å². The Hall–Kier alpha value is -3.08. The second-order valence-electron chi connectivity index (χ2n) is 8.13. The van der Waals surface area contributed by atoms with Gasteiger partial charge in [0.05, 0.1) is 16.6 Å². The van der Waals surface area contributed by atoms with Crippen molar-refractivity contribution in [3.8, 4) is 0 Å². The minimum atomic E-state index is -4.07. The van der Waals surface area contributed by atoms with E-state index in [2.05, 4.69) is 10.5 Å². The molecule has 11 heteroatoms. The maximum absolute atomic E-state index is 14.0. The first-order chi connectivity index (χ1) is 16.7. The number of carbonyl (C=O) groups excluding carboxylic acids is 1. The zero-order valence-electron chi connectivity index (χ0n) is 18.7. The van der Waals surface area contributed by atoms with Gasteiger partial charge in [0.2, 0.25) is 15.9 Å². The van der Waals surface area contributed by atoms with Gasteiger partial charge >= 0.3 is 0 Å². The molecule has 1 aromatic heterocycles. The highest BCUT2D eigenvalue weighted by Crippen LogP contribution is 2.30. The fraction of sp³-hybridized carbons (Fsp3) is 0.250. The molecule has 184 valence electrons. The van der Waals surface area contributed by atoms with Gasteiger partial charge in [-0.2, -0.15) is 4.31 Å². The normalized spacial score (nSPS) is 17.1. The molecular formula is C24H22ClF2N3O4S. The van der Waals surface area contributed by atoms with Gasteiger partial charge in [-0.1, -0.05) is 35.0 Å². The lowest BCUT2D eigenvalue weighted by atomic mass is 9.98. The Bertz CT molecular complexity index is 1390. The van der Waals surface area contributed by atoms with E-state index in [9.17, 15) is 22.0 Å². The van der Waals surface area contributed by atoms with Crippen LogP contribution in [0.5, 0.6) is 0 Å². The second kappa shape index (κ2) is 10.3. The van der Waals surface area contributed by atoms with Crippen molar-refractivity contribution in [1.29, 1.82) is 0 Å². The van der Waals surface area contributed by atoms with E-state index in [1.165, 1.54) is 41.6 Å². The number of piperidine rings is 1. The first-order valence-corrected chi connectivity index (χ1v) is 12.6. The molecule has 4 rings (SSSR count). The summed E-state index contributed by atoms with van der Waals surface area (Å²) >= 11 is 5.99. The molecule has 1 fully saturated rings. The van der Waals surface area contributed by atoms with Crippen LogP contribution < -0.4 is 5.32 Å². The minimum Gasteiger partial charge on any atom is -0.355 e. The van der Waals surface area contributed by atoms with Gasteiger partial charge in [0.1, 0.15) is 17.3 Å². The fourth-order valence-electron chi connectivity index (χ4n) is 3.90. The van der Waals surface area contributed by atoms with Gasteiger partial charge in [-0.3, -0.25) is 4.79 Å². The van der Waals surface area contributed by atoms with Crippen LogP contribution in [0.3, 0.4) is 0 Å². The Labute approximate surface area is 206 Å². The quantitative estimate of drug-likeness (QED) is 0.486. The van der Waals surface area contributed by atoms with Crippen molar-refractivity contribution < 1.29 is 26.5 Å². The number of benzene rings is 2. The average Bonchev–Trinajstić information content (AvgIpc) is 3.21. The molecule has 35 heavy (non-hydrogen) atoms. The molecule has 3 aromatic rings. The molecule has 0 radical (unpaired) electrons. The highest BCUT2D eigenvalue weighted by molar-refractivity contribution is 7.89. The van der Waals surface area contributed by atoms with E-state index in [-0.39, 0.29) is 45.7 Å². The van der Waals surface area contributed by atoms with Crippen LogP contribution in [0.1, 0.15) is 29.9 Å². The highest BCUT2D eigenvalue weighted by Gasteiger charge is 2.37. The van der Waals surface area contributed by atoms with E-state index in [4.69, 9.17) is 16.1 Å². The number of hydrogen-bond donors (Lipinski definition) is 1. The summed E-state index contributed by atoms with van der Waals surface area (Å²) in [6.07, 6.45) is 3.70. The number of amides is 1. The number of anilines is 1. The molecule has 1 unspecified atom stereocenters. The van der Waals surface area contributed by atoms with Gasteiger partial charge in [0.15, 0.2) is 10.7 Å². The van der Waals surface area contributed by atoms with E-state index >= 15 is 0 Å². The molecule has 1 N–H and O–H groups in total. The molecule has 0 saturated carbocycles. The molecule has 1 aliphatic heterocycles. The number of rotatable bonds is 6. The monoisotopic (exact) mass is 521 g/mol. The van der Waals surface area contributed by atoms with Crippen LogP contribution in [0.4, 0.5) is 14.5 Å². The van der Waals surface area contributed by atoms with E-state index in [0.717, 1.165) is 6.07 Å². The summed E-state index contributed by atoms with van der Waals surface area (Å²) in [4.78, 5) is 12.7. The van der Waals surface area contributed by atoms with Crippen molar-refractivity contribution in [1.82, 2.24) is 9.46 Å². The third-order valence-electron chi connectivity index (χ3n) is 5.69. The molecule has 1 amide bonds. The topological polar surface area (TPSA) is 92.5 Å². The maximum atomic E-state index is 14.0. The number of carbonyl (C=O) groups is 1. The van der Waals surface area contributed by atoms with E-state index < -0.39 is 33.5 Å². The molecule has 1 atom stereocenters.